The first-order valence-electron chi connectivity index (χ1n) is 10.3. The molecule has 2 aromatic heterocycles. The van der Waals surface area contributed by atoms with Gasteiger partial charge in [-0.05, 0) is 73.9 Å². The van der Waals surface area contributed by atoms with Crippen LogP contribution in [0.15, 0.2) is 57.9 Å². The van der Waals surface area contributed by atoms with Gasteiger partial charge in [0.2, 0.25) is 0 Å². The van der Waals surface area contributed by atoms with Crippen molar-refractivity contribution in [1.82, 2.24) is 4.98 Å². The number of aromatic nitrogens is 1. The van der Waals surface area contributed by atoms with Crippen molar-refractivity contribution in [1.29, 1.82) is 0 Å². The van der Waals surface area contributed by atoms with Gasteiger partial charge in [-0.1, -0.05) is 0 Å². The van der Waals surface area contributed by atoms with Crippen molar-refractivity contribution in [3.63, 3.8) is 0 Å². The summed E-state index contributed by atoms with van der Waals surface area (Å²) in [6.07, 6.45) is 1.42. The monoisotopic (exact) mass is 444 g/mol. The van der Waals surface area contributed by atoms with Crippen molar-refractivity contribution in [2.24, 2.45) is 0 Å². The Morgan fingerprint density at radius 3 is 2.42 bits per heavy atom. The maximum absolute atomic E-state index is 12.7. The van der Waals surface area contributed by atoms with Crippen LogP contribution in [0.1, 0.15) is 32.8 Å². The van der Waals surface area contributed by atoms with Gasteiger partial charge in [-0.15, -0.1) is 0 Å². The maximum Gasteiger partial charge on any atom is 0.257 e. The zero-order valence-corrected chi connectivity index (χ0v) is 18.6. The van der Waals surface area contributed by atoms with E-state index in [0.717, 1.165) is 16.7 Å². The van der Waals surface area contributed by atoms with Crippen LogP contribution < -0.4 is 26.9 Å². The first-order valence-corrected chi connectivity index (χ1v) is 10.3. The third-order valence-electron chi connectivity index (χ3n) is 5.63. The van der Waals surface area contributed by atoms with Crippen LogP contribution in [0.4, 0.5) is 17.2 Å². The number of carbonyl (C=O) groups excluding carboxylic acids is 1. The Kier molecular flexibility index (Phi) is 5.74. The van der Waals surface area contributed by atoms with E-state index in [1.165, 1.54) is 12.3 Å². The summed E-state index contributed by atoms with van der Waals surface area (Å²) < 4.78 is 11.8. The number of pyridine rings is 1. The predicted molar refractivity (Wildman–Crippen MR) is 128 cm³/mol. The minimum absolute atomic E-state index is 0.0793. The van der Waals surface area contributed by atoms with Gasteiger partial charge >= 0.3 is 0 Å². The van der Waals surface area contributed by atoms with Gasteiger partial charge in [0.1, 0.15) is 29.5 Å². The molecule has 0 aliphatic rings. The van der Waals surface area contributed by atoms with E-state index in [2.05, 4.69) is 10.3 Å². The van der Waals surface area contributed by atoms with Gasteiger partial charge in [0.25, 0.3) is 5.91 Å². The summed E-state index contributed by atoms with van der Waals surface area (Å²) in [6, 6.07) is 11.5. The molecule has 0 saturated heterocycles. The lowest BCUT2D eigenvalue weighted by molar-refractivity contribution is 0.102. The van der Waals surface area contributed by atoms with Crippen LogP contribution in [0, 0.1) is 20.8 Å². The summed E-state index contributed by atoms with van der Waals surface area (Å²) in [7, 11) is 0. The number of rotatable bonds is 5. The number of nitrogens with zero attached hydrogens (tertiary/aromatic N) is 1. The quantitative estimate of drug-likeness (QED) is 0.394. The number of nitrogens with two attached hydrogens (primary N) is 2. The molecule has 0 unspecified atom stereocenters. The van der Waals surface area contributed by atoms with Crippen LogP contribution in [0.3, 0.4) is 0 Å². The van der Waals surface area contributed by atoms with Gasteiger partial charge in [0.05, 0.1) is 10.9 Å². The number of fused-ring (bicyclic) bond motifs is 1. The molecule has 0 spiro atoms. The summed E-state index contributed by atoms with van der Waals surface area (Å²) in [5.74, 6) is 1.02. The van der Waals surface area contributed by atoms with Gasteiger partial charge in [0, 0.05) is 23.6 Å². The average Bonchev–Trinajstić information content (AvgIpc) is 2.81. The third kappa shape index (κ3) is 4.36. The molecule has 33 heavy (non-hydrogen) atoms. The van der Waals surface area contributed by atoms with Crippen LogP contribution in [0.25, 0.3) is 11.0 Å². The zero-order valence-electron chi connectivity index (χ0n) is 18.6. The highest BCUT2D eigenvalue weighted by Crippen LogP contribution is 2.30. The van der Waals surface area contributed by atoms with Gasteiger partial charge in [0.15, 0.2) is 5.43 Å². The van der Waals surface area contributed by atoms with E-state index in [9.17, 15) is 9.59 Å². The molecule has 0 aliphatic heterocycles. The second-order valence-electron chi connectivity index (χ2n) is 7.81. The summed E-state index contributed by atoms with van der Waals surface area (Å²) >= 11 is 0. The molecule has 2 heterocycles. The molecule has 0 radical (unpaired) electrons. The van der Waals surface area contributed by atoms with Crippen molar-refractivity contribution >= 4 is 34.1 Å². The van der Waals surface area contributed by atoms with E-state index >= 15 is 0 Å². The highest BCUT2D eigenvalue weighted by atomic mass is 16.5. The fraction of sp³-hybridized carbons (Fsp3) is 0.160. The number of hydrogen-bond donors (Lipinski definition) is 3. The van der Waals surface area contributed by atoms with E-state index in [1.807, 2.05) is 20.8 Å². The molecule has 1 amide bonds. The largest absolute Gasteiger partial charge is 0.486 e. The molecular weight excluding hydrogens is 420 g/mol. The number of ether oxygens (including phenoxy) is 1. The Labute approximate surface area is 190 Å². The highest BCUT2D eigenvalue weighted by Gasteiger charge is 2.16. The van der Waals surface area contributed by atoms with E-state index < -0.39 is 0 Å². The van der Waals surface area contributed by atoms with Gasteiger partial charge in [-0.3, -0.25) is 9.59 Å². The lowest BCUT2D eigenvalue weighted by atomic mass is 9.98. The van der Waals surface area contributed by atoms with Gasteiger partial charge in [-0.2, -0.15) is 0 Å². The fourth-order valence-corrected chi connectivity index (χ4v) is 3.55. The minimum Gasteiger partial charge on any atom is -0.486 e. The average molecular weight is 444 g/mol. The lowest BCUT2D eigenvalue weighted by Gasteiger charge is -2.13. The van der Waals surface area contributed by atoms with Crippen molar-refractivity contribution in [3.8, 4) is 5.75 Å². The highest BCUT2D eigenvalue weighted by molar-refractivity contribution is 6.04. The number of hydrogen-bond acceptors (Lipinski definition) is 7. The van der Waals surface area contributed by atoms with E-state index in [4.69, 9.17) is 20.6 Å². The number of aryl methyl sites for hydroxylation is 2. The lowest BCUT2D eigenvalue weighted by Crippen LogP contribution is -2.12. The molecular formula is C25H24N4O4. The van der Waals surface area contributed by atoms with Crippen molar-refractivity contribution < 1.29 is 13.9 Å². The molecule has 8 heteroatoms. The Bertz CT molecular complexity index is 1410. The number of nitrogen functional groups attached to an aromatic ring is 2. The second-order valence-corrected chi connectivity index (χ2v) is 7.81. The fourth-order valence-electron chi connectivity index (χ4n) is 3.55. The summed E-state index contributed by atoms with van der Waals surface area (Å²) in [4.78, 5) is 28.9. The van der Waals surface area contributed by atoms with Crippen LogP contribution >= 0.6 is 0 Å². The first kappa shape index (κ1) is 21.9. The molecule has 2 aromatic carbocycles. The first-order chi connectivity index (χ1) is 15.7. The van der Waals surface area contributed by atoms with Gasteiger partial charge < -0.3 is 25.9 Å². The van der Waals surface area contributed by atoms with Crippen LogP contribution in [0.2, 0.25) is 0 Å². The summed E-state index contributed by atoms with van der Waals surface area (Å²) in [6.45, 7) is 5.69. The Morgan fingerprint density at radius 2 is 1.76 bits per heavy atom. The molecule has 4 rings (SSSR count). The standard InChI is InChI=1S/C25H24N4O4/c1-13-14(2)24-22(15(3)23(13)27)20(30)10-19(33-24)12-32-18-7-5-17(6-8-18)29-25(31)16-4-9-21(26)28-11-16/h4-11H,12,27H2,1-3H3,(H2,26,28)(H,29,31). The normalized spacial score (nSPS) is 10.9. The Morgan fingerprint density at radius 1 is 1.03 bits per heavy atom. The van der Waals surface area contributed by atoms with E-state index in [1.54, 1.807) is 36.4 Å². The minimum atomic E-state index is -0.296. The maximum atomic E-state index is 12.7. The molecule has 0 saturated carbocycles. The van der Waals surface area contributed by atoms with E-state index in [0.29, 0.717) is 45.2 Å². The van der Waals surface area contributed by atoms with Gasteiger partial charge in [-0.25, -0.2) is 4.98 Å². The van der Waals surface area contributed by atoms with Crippen LogP contribution in [-0.4, -0.2) is 10.9 Å². The van der Waals surface area contributed by atoms with Crippen molar-refractivity contribution in [3.05, 3.63) is 86.9 Å². The van der Waals surface area contributed by atoms with Crippen molar-refractivity contribution in [2.45, 2.75) is 27.4 Å². The Hall–Kier alpha value is -4.33. The number of nitrogens with one attached hydrogen (secondary N) is 1. The summed E-state index contributed by atoms with van der Waals surface area (Å²) in [5, 5.41) is 3.28. The topological polar surface area (TPSA) is 133 Å². The molecule has 0 aliphatic carbocycles. The zero-order chi connectivity index (χ0) is 23.7. The number of benzene rings is 2. The number of carbonyl (C=O) groups is 1. The predicted octanol–water partition coefficient (Wildman–Crippen LogP) is 4.11. The van der Waals surface area contributed by atoms with Crippen LogP contribution in [0.5, 0.6) is 5.75 Å². The number of anilines is 3. The smallest absolute Gasteiger partial charge is 0.257 e. The van der Waals surface area contributed by atoms with E-state index in [-0.39, 0.29) is 17.9 Å². The molecule has 0 fully saturated rings. The molecule has 4 aromatic rings. The third-order valence-corrected chi connectivity index (χ3v) is 5.63. The van der Waals surface area contributed by atoms with Crippen molar-refractivity contribution in [2.75, 3.05) is 16.8 Å². The molecule has 8 nitrogen and oxygen atoms in total. The molecule has 168 valence electrons. The molecule has 5 N–H and O–H groups in total. The summed E-state index contributed by atoms with van der Waals surface area (Å²) in [5.41, 5.74) is 16.1. The Balaban J connectivity index is 1.48. The number of amides is 1. The second kappa shape index (κ2) is 8.66. The molecule has 0 atom stereocenters. The molecule has 0 bridgehead atoms. The SMILES string of the molecule is Cc1c(N)c(C)c2c(=O)cc(COc3ccc(NC(=O)c4ccc(N)nc4)cc3)oc2c1C. The van der Waals surface area contributed by atoms with Crippen LogP contribution in [-0.2, 0) is 6.61 Å².